The second kappa shape index (κ2) is 5.81. The number of sulfonamides is 1. The van der Waals surface area contributed by atoms with E-state index < -0.39 is 10.0 Å². The van der Waals surface area contributed by atoms with Crippen LogP contribution in [0.2, 0.25) is 0 Å². The molecule has 104 valence electrons. The van der Waals surface area contributed by atoms with Crippen molar-refractivity contribution >= 4 is 10.0 Å². The minimum atomic E-state index is -3.46. The summed E-state index contributed by atoms with van der Waals surface area (Å²) >= 11 is 0. The monoisotopic (exact) mass is 274 g/mol. The number of hydrogen-bond donors (Lipinski definition) is 2. The van der Waals surface area contributed by atoms with E-state index in [1.165, 1.54) is 12.4 Å². The lowest BCUT2D eigenvalue weighted by molar-refractivity contribution is 0.407. The summed E-state index contributed by atoms with van der Waals surface area (Å²) < 4.78 is 28.1. The van der Waals surface area contributed by atoms with Crippen molar-refractivity contribution in [3.8, 4) is 0 Å². The average Bonchev–Trinajstić information content (AvgIpc) is 2.72. The zero-order valence-electron chi connectivity index (χ0n) is 11.2. The van der Waals surface area contributed by atoms with Gasteiger partial charge in [0, 0.05) is 19.3 Å². The molecule has 0 saturated heterocycles. The molecule has 0 unspecified atom stereocenters. The number of nitrogens with one attached hydrogen (secondary N) is 1. The standard InChI is InChI=1S/C11H22N4O2S/c1-11(2,3)9-14-18(16,17)10-7-13-15(8-10)6-4-5-12/h7-8,14H,4-6,9,12H2,1-3H3. The van der Waals surface area contributed by atoms with Crippen LogP contribution in [-0.2, 0) is 16.6 Å². The first-order chi connectivity index (χ1) is 8.24. The highest BCUT2D eigenvalue weighted by molar-refractivity contribution is 7.89. The topological polar surface area (TPSA) is 90.0 Å². The highest BCUT2D eigenvalue weighted by atomic mass is 32.2. The largest absolute Gasteiger partial charge is 0.330 e. The van der Waals surface area contributed by atoms with E-state index in [1.807, 2.05) is 20.8 Å². The van der Waals surface area contributed by atoms with Crippen LogP contribution >= 0.6 is 0 Å². The highest BCUT2D eigenvalue weighted by Crippen LogP contribution is 2.13. The molecular formula is C11H22N4O2S. The summed E-state index contributed by atoms with van der Waals surface area (Å²) in [5.41, 5.74) is 5.30. The third kappa shape index (κ3) is 4.75. The van der Waals surface area contributed by atoms with Gasteiger partial charge in [0.15, 0.2) is 0 Å². The molecule has 0 fully saturated rings. The van der Waals surface area contributed by atoms with E-state index in [-0.39, 0.29) is 10.3 Å². The van der Waals surface area contributed by atoms with Gasteiger partial charge < -0.3 is 5.73 Å². The maximum absolute atomic E-state index is 12.0. The Kier molecular flexibility index (Phi) is 4.89. The van der Waals surface area contributed by atoms with Gasteiger partial charge in [0.05, 0.1) is 6.20 Å². The van der Waals surface area contributed by atoms with Crippen LogP contribution in [0.1, 0.15) is 27.2 Å². The fraction of sp³-hybridized carbons (Fsp3) is 0.727. The van der Waals surface area contributed by atoms with E-state index in [9.17, 15) is 8.42 Å². The molecule has 0 radical (unpaired) electrons. The predicted molar refractivity (Wildman–Crippen MR) is 70.5 cm³/mol. The van der Waals surface area contributed by atoms with E-state index in [0.717, 1.165) is 6.42 Å². The van der Waals surface area contributed by atoms with E-state index in [1.54, 1.807) is 4.68 Å². The lowest BCUT2D eigenvalue weighted by Gasteiger charge is -2.18. The first-order valence-corrected chi connectivity index (χ1v) is 7.45. The molecule has 1 rings (SSSR count). The summed E-state index contributed by atoms with van der Waals surface area (Å²) in [6, 6.07) is 0. The van der Waals surface area contributed by atoms with Gasteiger partial charge in [-0.1, -0.05) is 20.8 Å². The molecule has 0 aliphatic rings. The number of nitrogens with two attached hydrogens (primary N) is 1. The molecular weight excluding hydrogens is 252 g/mol. The second-order valence-electron chi connectivity index (χ2n) is 5.47. The van der Waals surface area contributed by atoms with Gasteiger partial charge in [-0.2, -0.15) is 5.10 Å². The summed E-state index contributed by atoms with van der Waals surface area (Å²) in [5, 5.41) is 4.01. The molecule has 6 nitrogen and oxygen atoms in total. The molecule has 0 aliphatic carbocycles. The molecule has 0 spiro atoms. The van der Waals surface area contributed by atoms with Gasteiger partial charge in [-0.05, 0) is 18.4 Å². The highest BCUT2D eigenvalue weighted by Gasteiger charge is 2.19. The van der Waals surface area contributed by atoms with E-state index >= 15 is 0 Å². The molecule has 0 amide bonds. The van der Waals surface area contributed by atoms with E-state index in [0.29, 0.717) is 19.6 Å². The minimum Gasteiger partial charge on any atom is -0.330 e. The van der Waals surface area contributed by atoms with Crippen LogP contribution in [0.25, 0.3) is 0 Å². The predicted octanol–water partition coefficient (Wildman–Crippen LogP) is 0.556. The Balaban J connectivity index is 2.70. The smallest absolute Gasteiger partial charge is 0.243 e. The second-order valence-corrected chi connectivity index (χ2v) is 7.23. The number of nitrogens with zero attached hydrogens (tertiary/aromatic N) is 2. The summed E-state index contributed by atoms with van der Waals surface area (Å²) in [6.07, 6.45) is 3.67. The van der Waals surface area contributed by atoms with Gasteiger partial charge in [-0.25, -0.2) is 13.1 Å². The summed E-state index contributed by atoms with van der Waals surface area (Å²) in [7, 11) is -3.46. The van der Waals surface area contributed by atoms with E-state index in [2.05, 4.69) is 9.82 Å². The number of aryl methyl sites for hydroxylation is 1. The molecule has 0 aromatic carbocycles. The Morgan fingerprint density at radius 1 is 1.44 bits per heavy atom. The zero-order chi connectivity index (χ0) is 13.8. The van der Waals surface area contributed by atoms with Gasteiger partial charge in [-0.3, -0.25) is 4.68 Å². The maximum atomic E-state index is 12.0. The van der Waals surface area contributed by atoms with Crippen molar-refractivity contribution in [2.24, 2.45) is 11.1 Å². The molecule has 18 heavy (non-hydrogen) atoms. The molecule has 7 heteroatoms. The molecule has 0 atom stereocenters. The first-order valence-electron chi connectivity index (χ1n) is 5.97. The first kappa shape index (κ1) is 15.1. The van der Waals surface area contributed by atoms with Gasteiger partial charge in [0.25, 0.3) is 0 Å². The Labute approximate surface area is 109 Å². The number of hydrogen-bond acceptors (Lipinski definition) is 4. The molecule has 1 heterocycles. The van der Waals surface area contributed by atoms with Crippen LogP contribution in [0, 0.1) is 5.41 Å². The van der Waals surface area contributed by atoms with E-state index in [4.69, 9.17) is 5.73 Å². The third-order valence-electron chi connectivity index (χ3n) is 2.30. The fourth-order valence-corrected chi connectivity index (χ4v) is 2.49. The average molecular weight is 274 g/mol. The fourth-order valence-electron chi connectivity index (χ4n) is 1.25. The van der Waals surface area contributed by atoms with Crippen LogP contribution in [-0.4, -0.2) is 31.3 Å². The van der Waals surface area contributed by atoms with Gasteiger partial charge in [0.1, 0.15) is 4.90 Å². The molecule has 1 aromatic rings. The van der Waals surface area contributed by atoms with Crippen LogP contribution in [0.4, 0.5) is 0 Å². The maximum Gasteiger partial charge on any atom is 0.243 e. The molecule has 0 aliphatic heterocycles. The van der Waals surface area contributed by atoms with Gasteiger partial charge >= 0.3 is 0 Å². The van der Waals surface area contributed by atoms with Crippen LogP contribution in [0.5, 0.6) is 0 Å². The summed E-state index contributed by atoms with van der Waals surface area (Å²) in [6.45, 7) is 7.50. The van der Waals surface area contributed by atoms with Crippen molar-refractivity contribution in [3.05, 3.63) is 12.4 Å². The molecule has 1 aromatic heterocycles. The molecule has 0 saturated carbocycles. The normalized spacial score (nSPS) is 12.9. The van der Waals surface area contributed by atoms with Gasteiger partial charge in [-0.15, -0.1) is 0 Å². The Hall–Kier alpha value is -0.920. The third-order valence-corrected chi connectivity index (χ3v) is 3.66. The molecule has 0 bridgehead atoms. The van der Waals surface area contributed by atoms with Crippen molar-refractivity contribution in [2.45, 2.75) is 38.6 Å². The van der Waals surface area contributed by atoms with Crippen molar-refractivity contribution in [2.75, 3.05) is 13.1 Å². The SMILES string of the molecule is CC(C)(C)CNS(=O)(=O)c1cnn(CCCN)c1. The number of aromatic nitrogens is 2. The van der Waals surface area contributed by atoms with Crippen LogP contribution < -0.4 is 10.5 Å². The van der Waals surface area contributed by atoms with Crippen LogP contribution in [0.15, 0.2) is 17.3 Å². The minimum absolute atomic E-state index is 0.0946. The van der Waals surface area contributed by atoms with Crippen molar-refractivity contribution in [1.82, 2.24) is 14.5 Å². The van der Waals surface area contributed by atoms with Crippen LogP contribution in [0.3, 0.4) is 0 Å². The zero-order valence-corrected chi connectivity index (χ0v) is 12.0. The van der Waals surface area contributed by atoms with Crippen molar-refractivity contribution in [3.63, 3.8) is 0 Å². The van der Waals surface area contributed by atoms with Crippen molar-refractivity contribution < 1.29 is 8.42 Å². The Bertz CT molecular complexity index is 473. The Morgan fingerprint density at radius 3 is 2.67 bits per heavy atom. The molecule has 3 N–H and O–H groups in total. The van der Waals surface area contributed by atoms with Gasteiger partial charge in [0.2, 0.25) is 10.0 Å². The quantitative estimate of drug-likeness (QED) is 0.793. The summed E-state index contributed by atoms with van der Waals surface area (Å²) in [4.78, 5) is 0.198. The number of rotatable bonds is 6. The lowest BCUT2D eigenvalue weighted by Crippen LogP contribution is -2.32. The summed E-state index contributed by atoms with van der Waals surface area (Å²) in [5.74, 6) is 0. The Morgan fingerprint density at radius 2 is 2.11 bits per heavy atom. The lowest BCUT2D eigenvalue weighted by atomic mass is 9.98. The van der Waals surface area contributed by atoms with Crippen molar-refractivity contribution in [1.29, 1.82) is 0 Å².